The van der Waals surface area contributed by atoms with E-state index in [0.29, 0.717) is 31.2 Å². The number of nitrogens with zero attached hydrogens (tertiary/aromatic N) is 3. The maximum Gasteiger partial charge on any atom is 0.318 e. The zero-order valence-corrected chi connectivity index (χ0v) is 13.3. The Labute approximate surface area is 127 Å². The van der Waals surface area contributed by atoms with Crippen LogP contribution in [0.3, 0.4) is 0 Å². The van der Waals surface area contributed by atoms with Crippen molar-refractivity contribution in [2.75, 3.05) is 6.61 Å². The minimum absolute atomic E-state index is 0.306. The summed E-state index contributed by atoms with van der Waals surface area (Å²) in [7, 11) is 0. The van der Waals surface area contributed by atoms with E-state index >= 15 is 0 Å². The number of carbonyl (C=O) groups excluding carboxylic acids is 1. The van der Waals surface area contributed by atoms with Gasteiger partial charge in [-0.25, -0.2) is 4.98 Å². The van der Waals surface area contributed by atoms with Crippen LogP contribution in [0.2, 0.25) is 0 Å². The summed E-state index contributed by atoms with van der Waals surface area (Å²) >= 11 is 1.58. The average Bonchev–Trinajstić information content (AvgIpc) is 3.06. The van der Waals surface area contributed by atoms with Gasteiger partial charge in [-0.2, -0.15) is 4.98 Å². The molecule has 0 fully saturated rings. The highest BCUT2D eigenvalue weighted by Gasteiger charge is 2.27. The lowest BCUT2D eigenvalue weighted by molar-refractivity contribution is -0.145. The third-order valence-corrected chi connectivity index (χ3v) is 3.76. The Morgan fingerprint density at radius 1 is 1.43 bits per heavy atom. The molecule has 0 amide bonds. The molecule has 0 N–H and O–H groups in total. The van der Waals surface area contributed by atoms with Crippen LogP contribution in [-0.4, -0.2) is 27.7 Å². The zero-order valence-electron chi connectivity index (χ0n) is 12.5. The first kappa shape index (κ1) is 15.6. The molecule has 7 heteroatoms. The van der Waals surface area contributed by atoms with E-state index in [1.807, 2.05) is 19.2 Å². The summed E-state index contributed by atoms with van der Waals surface area (Å²) in [6, 6.07) is 0. The fourth-order valence-corrected chi connectivity index (χ4v) is 2.62. The Morgan fingerprint density at radius 2 is 2.24 bits per heavy atom. The largest absolute Gasteiger partial charge is 0.465 e. The topological polar surface area (TPSA) is 78.1 Å². The highest BCUT2D eigenvalue weighted by Crippen LogP contribution is 2.22. The van der Waals surface area contributed by atoms with Gasteiger partial charge in [0.15, 0.2) is 5.82 Å². The van der Waals surface area contributed by atoms with Crippen molar-refractivity contribution >= 4 is 17.3 Å². The molecule has 1 atom stereocenters. The Bertz CT molecular complexity index is 594. The predicted molar refractivity (Wildman–Crippen MR) is 78.2 cm³/mol. The Balaban J connectivity index is 2.10. The molecule has 0 aliphatic heterocycles. The molecule has 0 aliphatic carbocycles. The third kappa shape index (κ3) is 4.10. The Kier molecular flexibility index (Phi) is 5.44. The van der Waals surface area contributed by atoms with Crippen LogP contribution in [0.15, 0.2) is 9.90 Å². The van der Waals surface area contributed by atoms with Crippen LogP contribution in [-0.2, 0) is 16.0 Å². The van der Waals surface area contributed by atoms with Crippen LogP contribution in [0, 0.1) is 6.92 Å². The molecular weight excluding hydrogens is 290 g/mol. The molecule has 2 heterocycles. The van der Waals surface area contributed by atoms with E-state index in [-0.39, 0.29) is 5.97 Å². The van der Waals surface area contributed by atoms with E-state index in [0.717, 1.165) is 17.1 Å². The van der Waals surface area contributed by atoms with Gasteiger partial charge in [0, 0.05) is 5.38 Å². The molecule has 0 aliphatic rings. The second-order valence-corrected chi connectivity index (χ2v) is 5.74. The number of ether oxygens (including phenoxy) is 1. The van der Waals surface area contributed by atoms with E-state index in [9.17, 15) is 4.79 Å². The summed E-state index contributed by atoms with van der Waals surface area (Å²) in [6.07, 6.45) is 1.98. The summed E-state index contributed by atoms with van der Waals surface area (Å²) in [4.78, 5) is 20.6. The van der Waals surface area contributed by atoms with Crippen LogP contribution in [0.1, 0.15) is 55.0 Å². The van der Waals surface area contributed by atoms with Gasteiger partial charge in [-0.05, 0) is 20.3 Å². The minimum atomic E-state index is -0.478. The summed E-state index contributed by atoms with van der Waals surface area (Å²) in [5.41, 5.74) is 0.910. The highest BCUT2D eigenvalue weighted by atomic mass is 32.1. The van der Waals surface area contributed by atoms with Crippen LogP contribution >= 0.6 is 11.3 Å². The van der Waals surface area contributed by atoms with Crippen LogP contribution in [0.4, 0.5) is 0 Å². The van der Waals surface area contributed by atoms with Gasteiger partial charge in [-0.15, -0.1) is 11.3 Å². The molecule has 2 rings (SSSR count). The average molecular weight is 309 g/mol. The van der Waals surface area contributed by atoms with E-state index in [1.165, 1.54) is 0 Å². The molecule has 0 saturated heterocycles. The predicted octanol–water partition coefficient (Wildman–Crippen LogP) is 2.87. The fraction of sp³-hybridized carbons (Fsp3) is 0.571. The number of rotatable bonds is 7. The van der Waals surface area contributed by atoms with Crippen molar-refractivity contribution in [3.8, 4) is 0 Å². The van der Waals surface area contributed by atoms with Gasteiger partial charge in [0.05, 0.1) is 23.7 Å². The van der Waals surface area contributed by atoms with Gasteiger partial charge in [-0.1, -0.05) is 18.5 Å². The number of hydrogen-bond acceptors (Lipinski definition) is 7. The maximum atomic E-state index is 11.9. The normalized spacial score (nSPS) is 12.3. The molecule has 21 heavy (non-hydrogen) atoms. The molecule has 0 bridgehead atoms. The zero-order chi connectivity index (χ0) is 15.2. The summed E-state index contributed by atoms with van der Waals surface area (Å²) in [5.74, 6) is 0.0883. The van der Waals surface area contributed by atoms with E-state index < -0.39 is 5.92 Å². The SMILES string of the molecule is CCCC(C(=O)OCC)c1nc(Cc2csc(C)n2)no1. The monoisotopic (exact) mass is 309 g/mol. The second-order valence-electron chi connectivity index (χ2n) is 4.68. The minimum Gasteiger partial charge on any atom is -0.465 e. The van der Waals surface area contributed by atoms with Crippen LogP contribution < -0.4 is 0 Å². The van der Waals surface area contributed by atoms with E-state index in [2.05, 4.69) is 15.1 Å². The second kappa shape index (κ2) is 7.31. The molecule has 0 radical (unpaired) electrons. The molecule has 1 unspecified atom stereocenters. The molecule has 0 saturated carbocycles. The number of hydrogen-bond donors (Lipinski definition) is 0. The highest BCUT2D eigenvalue weighted by molar-refractivity contribution is 7.09. The number of aryl methyl sites for hydroxylation is 1. The van der Waals surface area contributed by atoms with Crippen LogP contribution in [0.25, 0.3) is 0 Å². The quantitative estimate of drug-likeness (QED) is 0.732. The van der Waals surface area contributed by atoms with Crippen molar-refractivity contribution in [1.82, 2.24) is 15.1 Å². The molecule has 0 aromatic carbocycles. The number of esters is 1. The van der Waals surface area contributed by atoms with Gasteiger partial charge in [-0.3, -0.25) is 4.79 Å². The van der Waals surface area contributed by atoms with Gasteiger partial charge in [0.2, 0.25) is 5.89 Å². The first-order valence-corrected chi connectivity index (χ1v) is 7.92. The molecule has 114 valence electrons. The van der Waals surface area contributed by atoms with Crippen molar-refractivity contribution in [2.45, 2.75) is 46.0 Å². The molecule has 0 spiro atoms. The summed E-state index contributed by atoms with van der Waals surface area (Å²) < 4.78 is 10.3. The number of carbonyl (C=O) groups is 1. The Morgan fingerprint density at radius 3 is 2.86 bits per heavy atom. The van der Waals surface area contributed by atoms with Gasteiger partial charge in [0.25, 0.3) is 0 Å². The van der Waals surface area contributed by atoms with Crippen LogP contribution in [0.5, 0.6) is 0 Å². The van der Waals surface area contributed by atoms with Gasteiger partial charge < -0.3 is 9.26 Å². The van der Waals surface area contributed by atoms with Crippen molar-refractivity contribution in [3.05, 3.63) is 27.8 Å². The lowest BCUT2D eigenvalue weighted by Crippen LogP contribution is -2.16. The lowest BCUT2D eigenvalue weighted by Gasteiger charge is -2.09. The summed E-state index contributed by atoms with van der Waals surface area (Å²) in [6.45, 7) is 6.08. The van der Waals surface area contributed by atoms with E-state index in [1.54, 1.807) is 18.3 Å². The fourth-order valence-electron chi connectivity index (χ4n) is 2.01. The van der Waals surface area contributed by atoms with E-state index in [4.69, 9.17) is 9.26 Å². The van der Waals surface area contributed by atoms with Crippen molar-refractivity contribution in [1.29, 1.82) is 0 Å². The van der Waals surface area contributed by atoms with Gasteiger partial charge in [0.1, 0.15) is 5.92 Å². The van der Waals surface area contributed by atoms with Crippen molar-refractivity contribution < 1.29 is 14.1 Å². The molecular formula is C14H19N3O3S. The standard InChI is InChI=1S/C14H19N3O3S/c1-4-6-11(14(18)19-5-2)13-16-12(17-20-13)7-10-8-21-9(3)15-10/h8,11H,4-7H2,1-3H3. The van der Waals surface area contributed by atoms with Crippen molar-refractivity contribution in [3.63, 3.8) is 0 Å². The first-order valence-electron chi connectivity index (χ1n) is 7.04. The maximum absolute atomic E-state index is 11.9. The van der Waals surface area contributed by atoms with Gasteiger partial charge >= 0.3 is 5.97 Å². The molecule has 2 aromatic rings. The molecule has 6 nitrogen and oxygen atoms in total. The lowest BCUT2D eigenvalue weighted by atomic mass is 10.0. The summed E-state index contributed by atoms with van der Waals surface area (Å²) in [5, 5.41) is 6.91. The third-order valence-electron chi connectivity index (χ3n) is 2.94. The Hall–Kier alpha value is -1.76. The number of thiazole rings is 1. The van der Waals surface area contributed by atoms with Crippen molar-refractivity contribution in [2.24, 2.45) is 0 Å². The smallest absolute Gasteiger partial charge is 0.318 e. The number of aromatic nitrogens is 3. The first-order chi connectivity index (χ1) is 10.1. The molecule has 2 aromatic heterocycles.